The van der Waals surface area contributed by atoms with Crippen LogP contribution in [0.4, 0.5) is 0 Å². The van der Waals surface area contributed by atoms with Crippen LogP contribution in [0.25, 0.3) is 0 Å². The molecule has 1 aliphatic heterocycles. The molecule has 23 heavy (non-hydrogen) atoms. The van der Waals surface area contributed by atoms with Gasteiger partial charge in [0.25, 0.3) is 0 Å². The number of carbonyl (C=O) groups excluding carboxylic acids is 3. The van der Waals surface area contributed by atoms with E-state index >= 15 is 0 Å². The van der Waals surface area contributed by atoms with Gasteiger partial charge >= 0.3 is 17.9 Å². The van der Waals surface area contributed by atoms with E-state index < -0.39 is 36.2 Å². The molecule has 7 heteroatoms. The Hall–Kier alpha value is -2.05. The number of esters is 3. The summed E-state index contributed by atoms with van der Waals surface area (Å²) in [5.41, 5.74) is 0. The first kappa shape index (κ1) is 19.0. The standard InChI is InChI=1S/C16H24O7/c1-5-10-15(22-13(18)7-3)16(23-14(19)8-4)11(9-20-10)21-12(17)6-2/h5,11,15-16H,6-9H2,1-4H3/b10-5+/t11-,15-,16-/m0/s1. The van der Waals surface area contributed by atoms with Crippen LogP contribution < -0.4 is 0 Å². The highest BCUT2D eigenvalue weighted by Gasteiger charge is 2.44. The Morgan fingerprint density at radius 3 is 2.04 bits per heavy atom. The summed E-state index contributed by atoms with van der Waals surface area (Å²) in [6.45, 7) is 6.72. The van der Waals surface area contributed by atoms with E-state index in [4.69, 9.17) is 18.9 Å². The average Bonchev–Trinajstić information content (AvgIpc) is 2.56. The van der Waals surface area contributed by atoms with E-state index in [1.165, 1.54) is 0 Å². The van der Waals surface area contributed by atoms with Crippen molar-refractivity contribution in [3.63, 3.8) is 0 Å². The average molecular weight is 328 g/mol. The third kappa shape index (κ3) is 5.26. The third-order valence-corrected chi connectivity index (χ3v) is 3.32. The topological polar surface area (TPSA) is 88.1 Å². The van der Waals surface area contributed by atoms with Crippen LogP contribution in [0.5, 0.6) is 0 Å². The summed E-state index contributed by atoms with van der Waals surface area (Å²) < 4.78 is 21.5. The van der Waals surface area contributed by atoms with Crippen LogP contribution in [-0.4, -0.2) is 42.8 Å². The lowest BCUT2D eigenvalue weighted by Crippen LogP contribution is -2.52. The monoisotopic (exact) mass is 328 g/mol. The minimum Gasteiger partial charge on any atom is -0.490 e. The van der Waals surface area contributed by atoms with Crippen LogP contribution >= 0.6 is 0 Å². The molecule has 0 radical (unpaired) electrons. The first-order valence-corrected chi connectivity index (χ1v) is 7.84. The molecule has 1 aliphatic rings. The highest BCUT2D eigenvalue weighted by molar-refractivity contribution is 5.71. The van der Waals surface area contributed by atoms with Gasteiger partial charge in [-0.15, -0.1) is 0 Å². The molecule has 0 unspecified atom stereocenters. The Kier molecular flexibility index (Phi) is 7.57. The molecule has 0 bridgehead atoms. The van der Waals surface area contributed by atoms with E-state index in [0.29, 0.717) is 5.76 Å². The minimum atomic E-state index is -0.925. The maximum atomic E-state index is 11.7. The van der Waals surface area contributed by atoms with Crippen molar-refractivity contribution >= 4 is 17.9 Å². The molecule has 1 rings (SSSR count). The zero-order chi connectivity index (χ0) is 17.4. The molecule has 1 heterocycles. The van der Waals surface area contributed by atoms with Crippen LogP contribution in [0, 0.1) is 0 Å². The van der Waals surface area contributed by atoms with Crippen molar-refractivity contribution in [2.75, 3.05) is 6.61 Å². The van der Waals surface area contributed by atoms with Gasteiger partial charge in [0.2, 0.25) is 0 Å². The summed E-state index contributed by atoms with van der Waals surface area (Å²) in [5.74, 6) is -0.995. The van der Waals surface area contributed by atoms with Crippen molar-refractivity contribution in [1.82, 2.24) is 0 Å². The molecule has 0 N–H and O–H groups in total. The predicted molar refractivity (Wildman–Crippen MR) is 80.2 cm³/mol. The molecular formula is C16H24O7. The molecule has 3 atom stereocenters. The van der Waals surface area contributed by atoms with Gasteiger partial charge in [0.1, 0.15) is 12.4 Å². The van der Waals surface area contributed by atoms with Gasteiger partial charge in [0.15, 0.2) is 18.3 Å². The number of allylic oxidation sites excluding steroid dienone is 1. The van der Waals surface area contributed by atoms with Crippen molar-refractivity contribution < 1.29 is 33.3 Å². The van der Waals surface area contributed by atoms with Crippen LogP contribution in [0.15, 0.2) is 11.8 Å². The van der Waals surface area contributed by atoms with Gasteiger partial charge in [0, 0.05) is 19.3 Å². The van der Waals surface area contributed by atoms with E-state index in [0.717, 1.165) is 0 Å². The lowest BCUT2D eigenvalue weighted by Gasteiger charge is -2.37. The number of ether oxygens (including phenoxy) is 4. The van der Waals surface area contributed by atoms with Gasteiger partial charge in [-0.2, -0.15) is 0 Å². The Bertz CT molecular complexity index is 469. The normalized spacial score (nSPS) is 25.4. The lowest BCUT2D eigenvalue weighted by molar-refractivity contribution is -0.199. The van der Waals surface area contributed by atoms with Crippen molar-refractivity contribution in [1.29, 1.82) is 0 Å². The van der Waals surface area contributed by atoms with Gasteiger partial charge in [0.05, 0.1) is 0 Å². The highest BCUT2D eigenvalue weighted by atomic mass is 16.6. The first-order chi connectivity index (χ1) is 11.0. The van der Waals surface area contributed by atoms with Gasteiger partial charge in [-0.25, -0.2) is 0 Å². The van der Waals surface area contributed by atoms with Crippen LogP contribution in [0.3, 0.4) is 0 Å². The quantitative estimate of drug-likeness (QED) is 0.543. The summed E-state index contributed by atoms with van der Waals surface area (Å²) in [4.78, 5) is 35.0. The molecule has 0 saturated carbocycles. The zero-order valence-electron chi connectivity index (χ0n) is 14.0. The molecule has 130 valence electrons. The van der Waals surface area contributed by atoms with E-state index in [1.807, 2.05) is 0 Å². The second-order valence-corrected chi connectivity index (χ2v) is 4.96. The molecule has 0 aromatic heterocycles. The Labute approximate surface area is 135 Å². The van der Waals surface area contributed by atoms with Crippen molar-refractivity contribution in [3.8, 4) is 0 Å². The summed E-state index contributed by atoms with van der Waals surface area (Å²) >= 11 is 0. The second-order valence-electron chi connectivity index (χ2n) is 4.96. The number of carbonyl (C=O) groups is 3. The molecule has 1 saturated heterocycles. The largest absolute Gasteiger partial charge is 0.490 e. The van der Waals surface area contributed by atoms with E-state index in [9.17, 15) is 14.4 Å². The number of hydrogen-bond donors (Lipinski definition) is 0. The smallest absolute Gasteiger partial charge is 0.306 e. The molecule has 0 aromatic rings. The Morgan fingerprint density at radius 1 is 1.00 bits per heavy atom. The first-order valence-electron chi connectivity index (χ1n) is 7.84. The maximum Gasteiger partial charge on any atom is 0.306 e. The maximum absolute atomic E-state index is 11.7. The SMILES string of the molecule is C/C=C1/OC[C@H](OC(=O)CC)[C@H](OC(=O)CC)[C@H]1OC(=O)CC. The third-order valence-electron chi connectivity index (χ3n) is 3.32. The number of hydrogen-bond acceptors (Lipinski definition) is 7. The fourth-order valence-corrected chi connectivity index (χ4v) is 2.04. The lowest BCUT2D eigenvalue weighted by atomic mass is 10.0. The molecule has 0 aromatic carbocycles. The van der Waals surface area contributed by atoms with Crippen LogP contribution in [0.2, 0.25) is 0 Å². The predicted octanol–water partition coefficient (Wildman–Crippen LogP) is 1.89. The molecular weight excluding hydrogens is 304 g/mol. The van der Waals surface area contributed by atoms with Crippen LogP contribution in [0.1, 0.15) is 47.0 Å². The van der Waals surface area contributed by atoms with Gasteiger partial charge in [-0.05, 0) is 13.0 Å². The highest BCUT2D eigenvalue weighted by Crippen LogP contribution is 2.27. The molecule has 0 spiro atoms. The summed E-state index contributed by atoms with van der Waals surface area (Å²) in [6.07, 6.45) is -0.526. The van der Waals surface area contributed by atoms with E-state index in [2.05, 4.69) is 0 Å². The fraction of sp³-hybridized carbons (Fsp3) is 0.688. The van der Waals surface area contributed by atoms with E-state index in [1.54, 1.807) is 33.8 Å². The Morgan fingerprint density at radius 2 is 1.52 bits per heavy atom. The fourth-order valence-electron chi connectivity index (χ4n) is 2.04. The molecule has 0 aliphatic carbocycles. The number of rotatable bonds is 6. The van der Waals surface area contributed by atoms with Gasteiger partial charge in [-0.3, -0.25) is 14.4 Å². The summed E-state index contributed by atoms with van der Waals surface area (Å²) in [5, 5.41) is 0. The van der Waals surface area contributed by atoms with E-state index in [-0.39, 0.29) is 25.9 Å². The molecule has 0 amide bonds. The molecule has 7 nitrogen and oxygen atoms in total. The minimum absolute atomic E-state index is 0.0350. The summed E-state index contributed by atoms with van der Waals surface area (Å²) in [7, 11) is 0. The molecule has 1 fully saturated rings. The van der Waals surface area contributed by atoms with Gasteiger partial charge < -0.3 is 18.9 Å². The van der Waals surface area contributed by atoms with Gasteiger partial charge in [-0.1, -0.05) is 20.8 Å². The summed E-state index contributed by atoms with van der Waals surface area (Å²) in [6, 6.07) is 0. The second kappa shape index (κ2) is 9.17. The van der Waals surface area contributed by atoms with Crippen molar-refractivity contribution in [2.45, 2.75) is 65.3 Å². The van der Waals surface area contributed by atoms with Crippen molar-refractivity contribution in [2.24, 2.45) is 0 Å². The van der Waals surface area contributed by atoms with Crippen LogP contribution in [-0.2, 0) is 33.3 Å². The zero-order valence-corrected chi connectivity index (χ0v) is 14.0. The Balaban J connectivity index is 3.05. The van der Waals surface area contributed by atoms with Crippen molar-refractivity contribution in [3.05, 3.63) is 11.8 Å².